The Hall–Kier alpha value is -1.93. The Labute approximate surface area is 136 Å². The Balaban J connectivity index is 2.09. The topological polar surface area (TPSA) is 98.0 Å². The fraction of sp³-hybridized carbons (Fsp3) is 0.286. The van der Waals surface area contributed by atoms with E-state index in [4.69, 9.17) is 5.73 Å². The molecule has 0 spiro atoms. The summed E-state index contributed by atoms with van der Waals surface area (Å²) in [4.78, 5) is 23.9. The van der Waals surface area contributed by atoms with Crippen molar-refractivity contribution >= 4 is 40.0 Å². The van der Waals surface area contributed by atoms with Gasteiger partial charge >= 0.3 is 0 Å². The molecule has 1 aromatic carbocycles. The van der Waals surface area contributed by atoms with Crippen LogP contribution in [-0.2, 0) is 11.2 Å². The predicted molar refractivity (Wildman–Crippen MR) is 88.2 cm³/mol. The Kier molecular flexibility index (Phi) is 5.91. The number of nitrogens with zero attached hydrogens (tertiary/aromatic N) is 2. The van der Waals surface area contributed by atoms with Crippen LogP contribution in [0.3, 0.4) is 0 Å². The van der Waals surface area contributed by atoms with Crippen LogP contribution >= 0.6 is 23.1 Å². The number of primary amides is 1. The summed E-state index contributed by atoms with van der Waals surface area (Å²) in [5, 5.41) is 12.1. The molecule has 6 nitrogen and oxygen atoms in total. The molecule has 2 rings (SSSR count). The van der Waals surface area contributed by atoms with E-state index >= 15 is 0 Å². The Morgan fingerprint density at radius 2 is 2.09 bits per heavy atom. The molecule has 8 heteroatoms. The van der Waals surface area contributed by atoms with Crippen molar-refractivity contribution in [2.75, 3.05) is 11.1 Å². The second-order valence-corrected chi connectivity index (χ2v) is 6.54. The number of thioether (sulfide) groups is 1. The van der Waals surface area contributed by atoms with E-state index < -0.39 is 5.91 Å². The number of benzene rings is 1. The third-order valence-corrected chi connectivity index (χ3v) is 4.65. The summed E-state index contributed by atoms with van der Waals surface area (Å²) in [6, 6.07) is 7.06. The van der Waals surface area contributed by atoms with Crippen molar-refractivity contribution in [1.29, 1.82) is 0 Å². The molecule has 0 aliphatic carbocycles. The van der Waals surface area contributed by atoms with Gasteiger partial charge in [0.2, 0.25) is 11.0 Å². The fourth-order valence-electron chi connectivity index (χ4n) is 1.71. The summed E-state index contributed by atoms with van der Waals surface area (Å²) in [6.45, 7) is 2.06. The van der Waals surface area contributed by atoms with Gasteiger partial charge in [0, 0.05) is 11.3 Å². The van der Waals surface area contributed by atoms with Gasteiger partial charge in [-0.05, 0) is 18.6 Å². The summed E-state index contributed by atoms with van der Waals surface area (Å²) in [7, 11) is 0. The summed E-state index contributed by atoms with van der Waals surface area (Å²) >= 11 is 2.61. The van der Waals surface area contributed by atoms with Crippen molar-refractivity contribution in [2.45, 2.75) is 24.7 Å². The average molecular weight is 336 g/mol. The van der Waals surface area contributed by atoms with E-state index in [2.05, 4.69) is 22.4 Å². The van der Waals surface area contributed by atoms with Gasteiger partial charge in [0.15, 0.2) is 0 Å². The molecule has 0 unspecified atom stereocenters. The standard InChI is InChI=1S/C14H16N4O2S2/c1-2-5-12-17-18-14(22-12)16-13(20)9-6-3-4-7-10(9)21-8-11(15)19/h3-4,6-7H,2,5,8H2,1H3,(H2,15,19)(H,16,18,20). The number of nitrogens with two attached hydrogens (primary N) is 1. The lowest BCUT2D eigenvalue weighted by atomic mass is 10.2. The molecule has 1 heterocycles. The molecule has 116 valence electrons. The minimum atomic E-state index is -0.423. The molecule has 0 atom stereocenters. The number of carbonyl (C=O) groups is 2. The van der Waals surface area contributed by atoms with E-state index in [9.17, 15) is 9.59 Å². The highest BCUT2D eigenvalue weighted by Crippen LogP contribution is 2.24. The van der Waals surface area contributed by atoms with E-state index in [1.165, 1.54) is 23.1 Å². The summed E-state index contributed by atoms with van der Waals surface area (Å²) < 4.78 is 0. The number of hydrogen-bond donors (Lipinski definition) is 2. The molecule has 0 bridgehead atoms. The SMILES string of the molecule is CCCc1nnc(NC(=O)c2ccccc2SCC(N)=O)s1. The van der Waals surface area contributed by atoms with E-state index in [0.717, 1.165) is 17.8 Å². The number of amides is 2. The van der Waals surface area contributed by atoms with Gasteiger partial charge in [-0.25, -0.2) is 0 Å². The lowest BCUT2D eigenvalue weighted by Gasteiger charge is -2.07. The van der Waals surface area contributed by atoms with Crippen LogP contribution in [0.25, 0.3) is 0 Å². The lowest BCUT2D eigenvalue weighted by Crippen LogP contribution is -2.15. The molecule has 1 aromatic heterocycles. The molecular weight excluding hydrogens is 320 g/mol. The maximum absolute atomic E-state index is 12.3. The smallest absolute Gasteiger partial charge is 0.258 e. The first-order valence-corrected chi connectivity index (χ1v) is 8.54. The van der Waals surface area contributed by atoms with Gasteiger partial charge < -0.3 is 5.73 Å². The van der Waals surface area contributed by atoms with Gasteiger partial charge in [-0.1, -0.05) is 30.4 Å². The molecular formula is C14H16N4O2S2. The van der Waals surface area contributed by atoms with Crippen LogP contribution in [0, 0.1) is 0 Å². The molecule has 0 radical (unpaired) electrons. The Morgan fingerprint density at radius 1 is 1.32 bits per heavy atom. The van der Waals surface area contributed by atoms with E-state index in [1.807, 2.05) is 6.07 Å². The van der Waals surface area contributed by atoms with E-state index in [1.54, 1.807) is 18.2 Å². The van der Waals surface area contributed by atoms with Gasteiger partial charge in [-0.2, -0.15) is 0 Å². The third-order valence-electron chi connectivity index (χ3n) is 2.65. The number of carbonyl (C=O) groups excluding carboxylic acids is 2. The van der Waals surface area contributed by atoms with Crippen LogP contribution < -0.4 is 11.1 Å². The van der Waals surface area contributed by atoms with Crippen LogP contribution in [0.15, 0.2) is 29.2 Å². The highest BCUT2D eigenvalue weighted by molar-refractivity contribution is 8.00. The summed E-state index contributed by atoms with van der Waals surface area (Å²) in [5.41, 5.74) is 5.63. The first-order chi connectivity index (χ1) is 10.6. The Bertz CT molecular complexity index is 672. The zero-order valence-corrected chi connectivity index (χ0v) is 13.7. The maximum Gasteiger partial charge on any atom is 0.258 e. The van der Waals surface area contributed by atoms with Crippen molar-refractivity contribution in [3.8, 4) is 0 Å². The molecule has 0 saturated carbocycles. The monoisotopic (exact) mass is 336 g/mol. The molecule has 2 aromatic rings. The second-order valence-electron chi connectivity index (χ2n) is 4.46. The van der Waals surface area contributed by atoms with Crippen molar-refractivity contribution in [1.82, 2.24) is 10.2 Å². The van der Waals surface area contributed by atoms with Crippen molar-refractivity contribution in [2.24, 2.45) is 5.73 Å². The Morgan fingerprint density at radius 3 is 2.82 bits per heavy atom. The molecule has 2 amide bonds. The van der Waals surface area contributed by atoms with Crippen LogP contribution in [0.4, 0.5) is 5.13 Å². The van der Waals surface area contributed by atoms with Crippen molar-refractivity contribution in [3.05, 3.63) is 34.8 Å². The maximum atomic E-state index is 12.3. The van der Waals surface area contributed by atoms with Crippen molar-refractivity contribution < 1.29 is 9.59 Å². The number of rotatable bonds is 7. The highest BCUT2D eigenvalue weighted by atomic mass is 32.2. The highest BCUT2D eigenvalue weighted by Gasteiger charge is 2.14. The fourth-order valence-corrected chi connectivity index (χ4v) is 3.34. The van der Waals surface area contributed by atoms with Crippen LogP contribution in [0.5, 0.6) is 0 Å². The van der Waals surface area contributed by atoms with Gasteiger partial charge in [0.25, 0.3) is 5.91 Å². The first-order valence-electron chi connectivity index (χ1n) is 6.74. The predicted octanol–water partition coefficient (Wildman–Crippen LogP) is 2.32. The van der Waals surface area contributed by atoms with E-state index in [-0.39, 0.29) is 11.7 Å². The minimum absolute atomic E-state index is 0.129. The zero-order valence-electron chi connectivity index (χ0n) is 12.0. The summed E-state index contributed by atoms with van der Waals surface area (Å²) in [5.74, 6) is -0.565. The second kappa shape index (κ2) is 7.90. The number of aryl methyl sites for hydroxylation is 1. The van der Waals surface area contributed by atoms with Crippen LogP contribution in [0.1, 0.15) is 28.7 Å². The van der Waals surface area contributed by atoms with Crippen LogP contribution in [0.2, 0.25) is 0 Å². The molecule has 0 saturated heterocycles. The largest absolute Gasteiger partial charge is 0.369 e. The van der Waals surface area contributed by atoms with Crippen LogP contribution in [-0.4, -0.2) is 27.8 Å². The van der Waals surface area contributed by atoms with Gasteiger partial charge in [-0.3, -0.25) is 14.9 Å². The molecule has 0 fully saturated rings. The third kappa shape index (κ3) is 4.54. The van der Waals surface area contributed by atoms with Gasteiger partial charge in [0.1, 0.15) is 5.01 Å². The average Bonchev–Trinajstić information content (AvgIpc) is 2.93. The molecule has 0 aliphatic rings. The normalized spacial score (nSPS) is 10.4. The molecule has 3 N–H and O–H groups in total. The summed E-state index contributed by atoms with van der Waals surface area (Å²) in [6.07, 6.45) is 1.83. The first kappa shape index (κ1) is 16.4. The van der Waals surface area contributed by atoms with Gasteiger partial charge in [0.05, 0.1) is 11.3 Å². The lowest BCUT2D eigenvalue weighted by molar-refractivity contribution is -0.115. The number of nitrogens with one attached hydrogen (secondary N) is 1. The molecule has 0 aliphatic heterocycles. The molecule has 22 heavy (non-hydrogen) atoms. The van der Waals surface area contributed by atoms with Gasteiger partial charge in [-0.15, -0.1) is 22.0 Å². The number of anilines is 1. The quantitative estimate of drug-likeness (QED) is 0.756. The number of aromatic nitrogens is 2. The van der Waals surface area contributed by atoms with Crippen molar-refractivity contribution in [3.63, 3.8) is 0 Å². The zero-order chi connectivity index (χ0) is 15.9. The minimum Gasteiger partial charge on any atom is -0.369 e. The van der Waals surface area contributed by atoms with E-state index in [0.29, 0.717) is 15.6 Å². The number of hydrogen-bond acceptors (Lipinski definition) is 6.